The maximum Gasteiger partial charge on any atom is 0.255 e. The van der Waals surface area contributed by atoms with Crippen LogP contribution in [0.5, 0.6) is 0 Å². The Balaban J connectivity index is 1.68. The first-order valence-corrected chi connectivity index (χ1v) is 7.53. The van der Waals surface area contributed by atoms with Crippen LogP contribution in [-0.2, 0) is 0 Å². The van der Waals surface area contributed by atoms with Crippen molar-refractivity contribution in [2.45, 2.75) is 18.9 Å². The maximum atomic E-state index is 12.5. The second kappa shape index (κ2) is 5.13. The highest BCUT2D eigenvalue weighted by molar-refractivity contribution is 9.10. The molecule has 4 nitrogen and oxygen atoms in total. The molecule has 0 bridgehead atoms. The summed E-state index contributed by atoms with van der Waals surface area (Å²) in [6, 6.07) is 6.17. The zero-order valence-corrected chi connectivity index (χ0v) is 12.4. The molecule has 1 aromatic rings. The van der Waals surface area contributed by atoms with E-state index in [-0.39, 0.29) is 5.91 Å². The SMILES string of the molecule is Nc1ccc(Br)c(C(=O)N2CCN(C3CC3)CC2)c1. The summed E-state index contributed by atoms with van der Waals surface area (Å²) in [5.74, 6) is 0.0784. The van der Waals surface area contributed by atoms with Crippen molar-refractivity contribution >= 4 is 27.5 Å². The van der Waals surface area contributed by atoms with Crippen LogP contribution in [0, 0.1) is 0 Å². The van der Waals surface area contributed by atoms with Gasteiger partial charge in [-0.15, -0.1) is 0 Å². The molecule has 1 heterocycles. The zero-order valence-electron chi connectivity index (χ0n) is 10.8. The quantitative estimate of drug-likeness (QED) is 0.846. The summed E-state index contributed by atoms with van der Waals surface area (Å²) in [7, 11) is 0. The number of carbonyl (C=O) groups excluding carboxylic acids is 1. The monoisotopic (exact) mass is 323 g/mol. The van der Waals surface area contributed by atoms with Crippen LogP contribution >= 0.6 is 15.9 Å². The predicted molar refractivity (Wildman–Crippen MR) is 79.1 cm³/mol. The number of hydrogen-bond donors (Lipinski definition) is 1. The highest BCUT2D eigenvalue weighted by atomic mass is 79.9. The van der Waals surface area contributed by atoms with Crippen molar-refractivity contribution in [2.24, 2.45) is 0 Å². The van der Waals surface area contributed by atoms with Crippen molar-refractivity contribution in [3.05, 3.63) is 28.2 Å². The third-order valence-electron chi connectivity index (χ3n) is 3.89. The van der Waals surface area contributed by atoms with Gasteiger partial charge in [-0.3, -0.25) is 9.69 Å². The maximum absolute atomic E-state index is 12.5. The molecule has 1 aromatic carbocycles. The van der Waals surface area contributed by atoms with Gasteiger partial charge in [0, 0.05) is 42.4 Å². The van der Waals surface area contributed by atoms with Crippen molar-refractivity contribution in [1.82, 2.24) is 9.80 Å². The minimum atomic E-state index is 0.0784. The summed E-state index contributed by atoms with van der Waals surface area (Å²) in [4.78, 5) is 16.9. The second-order valence-corrected chi connectivity index (χ2v) is 6.15. The fourth-order valence-electron chi connectivity index (χ4n) is 2.61. The summed E-state index contributed by atoms with van der Waals surface area (Å²) in [5, 5.41) is 0. The van der Waals surface area contributed by atoms with Crippen molar-refractivity contribution in [2.75, 3.05) is 31.9 Å². The zero-order chi connectivity index (χ0) is 13.4. The molecule has 0 radical (unpaired) electrons. The number of nitrogens with zero attached hydrogens (tertiary/aromatic N) is 2. The van der Waals surface area contributed by atoms with E-state index in [0.29, 0.717) is 11.3 Å². The molecule has 1 aliphatic carbocycles. The number of benzene rings is 1. The number of halogens is 1. The fraction of sp³-hybridized carbons (Fsp3) is 0.500. The first-order chi connectivity index (χ1) is 9.15. The van der Waals surface area contributed by atoms with E-state index >= 15 is 0 Å². The lowest BCUT2D eigenvalue weighted by Crippen LogP contribution is -2.49. The molecule has 2 fully saturated rings. The summed E-state index contributed by atoms with van der Waals surface area (Å²) in [6.45, 7) is 3.62. The molecule has 1 aliphatic heterocycles. The molecule has 0 aromatic heterocycles. The molecule has 0 unspecified atom stereocenters. The van der Waals surface area contributed by atoms with Gasteiger partial charge in [0.2, 0.25) is 0 Å². The van der Waals surface area contributed by atoms with Crippen LogP contribution in [0.25, 0.3) is 0 Å². The van der Waals surface area contributed by atoms with Crippen molar-refractivity contribution in [1.29, 1.82) is 0 Å². The fourth-order valence-corrected chi connectivity index (χ4v) is 3.02. The largest absolute Gasteiger partial charge is 0.399 e. The molecule has 0 atom stereocenters. The Hall–Kier alpha value is -1.07. The summed E-state index contributed by atoms with van der Waals surface area (Å²) in [6.07, 6.45) is 2.66. The molecule has 1 saturated heterocycles. The van der Waals surface area contributed by atoms with E-state index < -0.39 is 0 Å². The van der Waals surface area contributed by atoms with Crippen molar-refractivity contribution in [3.63, 3.8) is 0 Å². The van der Waals surface area contributed by atoms with Gasteiger partial charge in [-0.05, 0) is 47.0 Å². The Bertz CT molecular complexity index is 493. The molecular weight excluding hydrogens is 306 g/mol. The molecule has 2 aliphatic rings. The topological polar surface area (TPSA) is 49.6 Å². The molecular formula is C14H18BrN3O. The van der Waals surface area contributed by atoms with Crippen LogP contribution in [0.4, 0.5) is 5.69 Å². The summed E-state index contributed by atoms with van der Waals surface area (Å²) in [5.41, 5.74) is 7.06. The van der Waals surface area contributed by atoms with Gasteiger partial charge in [-0.1, -0.05) is 0 Å². The Morgan fingerprint density at radius 3 is 2.53 bits per heavy atom. The van der Waals surface area contributed by atoms with E-state index in [0.717, 1.165) is 36.7 Å². The van der Waals surface area contributed by atoms with Crippen LogP contribution < -0.4 is 5.73 Å². The lowest BCUT2D eigenvalue weighted by molar-refractivity contribution is 0.0626. The molecule has 1 saturated carbocycles. The van der Waals surface area contributed by atoms with Gasteiger partial charge in [0.05, 0.1) is 5.56 Å². The highest BCUT2D eigenvalue weighted by Crippen LogP contribution is 2.28. The predicted octanol–water partition coefficient (Wildman–Crippen LogP) is 1.95. The van der Waals surface area contributed by atoms with Crippen molar-refractivity contribution in [3.8, 4) is 0 Å². The Morgan fingerprint density at radius 1 is 1.21 bits per heavy atom. The van der Waals surface area contributed by atoms with E-state index in [1.54, 1.807) is 12.1 Å². The number of hydrogen-bond acceptors (Lipinski definition) is 3. The second-order valence-electron chi connectivity index (χ2n) is 5.30. The number of amides is 1. The molecule has 19 heavy (non-hydrogen) atoms. The average molecular weight is 324 g/mol. The minimum Gasteiger partial charge on any atom is -0.399 e. The van der Waals surface area contributed by atoms with Gasteiger partial charge in [0.1, 0.15) is 0 Å². The van der Waals surface area contributed by atoms with Crippen LogP contribution in [0.2, 0.25) is 0 Å². The smallest absolute Gasteiger partial charge is 0.255 e. The highest BCUT2D eigenvalue weighted by Gasteiger charge is 2.32. The molecule has 5 heteroatoms. The standard InChI is InChI=1S/C14H18BrN3O/c15-13-4-1-10(16)9-12(13)14(19)18-7-5-17(6-8-18)11-2-3-11/h1,4,9,11H,2-3,5-8,16H2. The molecule has 2 N–H and O–H groups in total. The third kappa shape index (κ3) is 2.77. The van der Waals surface area contributed by atoms with Crippen LogP contribution in [0.1, 0.15) is 23.2 Å². The van der Waals surface area contributed by atoms with Crippen LogP contribution in [0.3, 0.4) is 0 Å². The van der Waals surface area contributed by atoms with E-state index in [4.69, 9.17) is 5.73 Å². The van der Waals surface area contributed by atoms with Gasteiger partial charge in [0.15, 0.2) is 0 Å². The number of carbonyl (C=O) groups is 1. The number of nitrogens with two attached hydrogens (primary N) is 1. The number of piperazine rings is 1. The Kier molecular flexibility index (Phi) is 3.50. The number of anilines is 1. The van der Waals surface area contributed by atoms with Gasteiger partial charge in [-0.2, -0.15) is 0 Å². The lowest BCUT2D eigenvalue weighted by Gasteiger charge is -2.35. The summed E-state index contributed by atoms with van der Waals surface area (Å²) >= 11 is 3.43. The van der Waals surface area contributed by atoms with Crippen molar-refractivity contribution < 1.29 is 4.79 Å². The summed E-state index contributed by atoms with van der Waals surface area (Å²) < 4.78 is 0.816. The van der Waals surface area contributed by atoms with Crippen LogP contribution in [-0.4, -0.2) is 47.9 Å². The molecule has 3 rings (SSSR count). The van der Waals surface area contributed by atoms with Gasteiger partial charge >= 0.3 is 0 Å². The molecule has 0 spiro atoms. The van der Waals surface area contributed by atoms with Crippen LogP contribution in [0.15, 0.2) is 22.7 Å². The molecule has 1 amide bonds. The lowest BCUT2D eigenvalue weighted by atomic mass is 10.1. The van der Waals surface area contributed by atoms with Gasteiger partial charge < -0.3 is 10.6 Å². The third-order valence-corrected chi connectivity index (χ3v) is 4.58. The number of rotatable bonds is 2. The minimum absolute atomic E-state index is 0.0784. The van der Waals surface area contributed by atoms with Gasteiger partial charge in [-0.25, -0.2) is 0 Å². The molecule has 102 valence electrons. The van der Waals surface area contributed by atoms with E-state index in [9.17, 15) is 4.79 Å². The van der Waals surface area contributed by atoms with Gasteiger partial charge in [0.25, 0.3) is 5.91 Å². The Labute approximate surface area is 121 Å². The van der Waals surface area contributed by atoms with E-state index in [1.807, 2.05) is 11.0 Å². The number of nitrogen functional groups attached to an aromatic ring is 1. The van der Waals surface area contributed by atoms with E-state index in [1.165, 1.54) is 12.8 Å². The van der Waals surface area contributed by atoms with E-state index in [2.05, 4.69) is 20.8 Å². The first kappa shape index (κ1) is 12.9. The first-order valence-electron chi connectivity index (χ1n) is 6.73. The normalized spacial score (nSPS) is 20.6. The Morgan fingerprint density at radius 2 is 1.89 bits per heavy atom. The average Bonchev–Trinajstić information content (AvgIpc) is 3.25.